The summed E-state index contributed by atoms with van der Waals surface area (Å²) < 4.78 is 5.55. The maximum absolute atomic E-state index is 9.91. The van der Waals surface area contributed by atoms with Gasteiger partial charge in [-0.25, -0.2) is 0 Å². The van der Waals surface area contributed by atoms with E-state index in [4.69, 9.17) is 10.5 Å². The molecule has 0 saturated heterocycles. The Kier molecular flexibility index (Phi) is 4.97. The Morgan fingerprint density at radius 1 is 1.06 bits per heavy atom. The number of ether oxygens (including phenoxy) is 1. The lowest BCUT2D eigenvalue weighted by molar-refractivity contribution is 0.0979. The molecule has 0 bridgehead atoms. The molecule has 0 aliphatic rings. The number of nitrogens with two attached hydrogens (primary N) is 1. The van der Waals surface area contributed by atoms with E-state index in [1.165, 1.54) is 0 Å². The maximum Gasteiger partial charge on any atom is 0.119 e. The van der Waals surface area contributed by atoms with E-state index in [0.717, 1.165) is 11.3 Å². The lowest BCUT2D eigenvalue weighted by Gasteiger charge is -2.22. The van der Waals surface area contributed by atoms with Gasteiger partial charge in [0.05, 0.1) is 18.2 Å². The second-order valence-corrected chi connectivity index (χ2v) is 5.00. The van der Waals surface area contributed by atoms with Crippen molar-refractivity contribution < 1.29 is 9.84 Å². The summed E-state index contributed by atoms with van der Waals surface area (Å²) in [5.74, 6) is 0.978. The van der Waals surface area contributed by atoms with E-state index in [9.17, 15) is 5.11 Å². The van der Waals surface area contributed by atoms with Crippen molar-refractivity contribution in [3.8, 4) is 5.75 Å². The molecule has 1 aromatic rings. The number of hydrogen-bond acceptors (Lipinski definition) is 3. The molecular formula is C14H23NO2. The van der Waals surface area contributed by atoms with Crippen LogP contribution in [0.15, 0.2) is 24.3 Å². The molecule has 0 heterocycles. The lowest BCUT2D eigenvalue weighted by Crippen LogP contribution is -2.30. The highest BCUT2D eigenvalue weighted by Crippen LogP contribution is 2.22. The van der Waals surface area contributed by atoms with Crippen LogP contribution in [0.5, 0.6) is 5.75 Å². The zero-order valence-electron chi connectivity index (χ0n) is 11.1. The number of aliphatic hydroxyl groups excluding tert-OH is 1. The minimum Gasteiger partial charge on any atom is -0.491 e. The summed E-state index contributed by atoms with van der Waals surface area (Å²) >= 11 is 0. The Morgan fingerprint density at radius 3 is 2.00 bits per heavy atom. The van der Waals surface area contributed by atoms with Crippen LogP contribution >= 0.6 is 0 Å². The summed E-state index contributed by atoms with van der Waals surface area (Å²) in [5, 5.41) is 9.91. The van der Waals surface area contributed by atoms with Gasteiger partial charge in [0.15, 0.2) is 0 Å². The molecule has 0 aliphatic carbocycles. The van der Waals surface area contributed by atoms with Gasteiger partial charge in [-0.3, -0.25) is 0 Å². The highest BCUT2D eigenvalue weighted by molar-refractivity contribution is 5.29. The quantitative estimate of drug-likeness (QED) is 0.827. The first kappa shape index (κ1) is 14.0. The Balaban J connectivity index is 2.73. The van der Waals surface area contributed by atoms with Gasteiger partial charge in [-0.05, 0) is 37.5 Å². The monoisotopic (exact) mass is 237 g/mol. The molecule has 2 atom stereocenters. The van der Waals surface area contributed by atoms with E-state index in [1.54, 1.807) is 0 Å². The van der Waals surface area contributed by atoms with Crippen LogP contribution in [0.1, 0.15) is 39.3 Å². The molecule has 0 radical (unpaired) electrons. The van der Waals surface area contributed by atoms with Crippen LogP contribution in [-0.4, -0.2) is 17.3 Å². The van der Waals surface area contributed by atoms with Gasteiger partial charge in [0.25, 0.3) is 0 Å². The second kappa shape index (κ2) is 6.03. The normalized spacial score (nSPS) is 15.1. The number of rotatable bonds is 5. The summed E-state index contributed by atoms with van der Waals surface area (Å²) in [4.78, 5) is 0. The summed E-state index contributed by atoms with van der Waals surface area (Å²) in [7, 11) is 0. The van der Waals surface area contributed by atoms with Crippen LogP contribution in [0, 0.1) is 5.92 Å². The van der Waals surface area contributed by atoms with Gasteiger partial charge in [0.2, 0.25) is 0 Å². The number of aliphatic hydroxyl groups is 1. The summed E-state index contributed by atoms with van der Waals surface area (Å²) in [5.41, 5.74) is 6.93. The van der Waals surface area contributed by atoms with Gasteiger partial charge in [0, 0.05) is 0 Å². The van der Waals surface area contributed by atoms with Crippen molar-refractivity contribution in [1.82, 2.24) is 0 Å². The Labute approximate surface area is 104 Å². The minimum absolute atomic E-state index is 0.150. The largest absolute Gasteiger partial charge is 0.491 e. The van der Waals surface area contributed by atoms with Crippen molar-refractivity contribution in [2.24, 2.45) is 11.7 Å². The van der Waals surface area contributed by atoms with Crippen LogP contribution < -0.4 is 10.5 Å². The fourth-order valence-electron chi connectivity index (χ4n) is 1.65. The van der Waals surface area contributed by atoms with E-state index in [0.29, 0.717) is 0 Å². The predicted molar refractivity (Wildman–Crippen MR) is 70.0 cm³/mol. The van der Waals surface area contributed by atoms with Crippen LogP contribution in [0.3, 0.4) is 0 Å². The number of benzene rings is 1. The van der Waals surface area contributed by atoms with Gasteiger partial charge in [0.1, 0.15) is 5.75 Å². The molecule has 0 aromatic heterocycles. The summed E-state index contributed by atoms with van der Waals surface area (Å²) in [6, 6.07) is 7.26. The van der Waals surface area contributed by atoms with Crippen molar-refractivity contribution in [3.05, 3.63) is 29.8 Å². The molecular weight excluding hydrogens is 214 g/mol. The molecule has 0 saturated carbocycles. The summed E-state index contributed by atoms with van der Waals surface area (Å²) in [6.07, 6.45) is -0.359. The Bertz CT molecular complexity index is 333. The first-order chi connectivity index (χ1) is 7.91. The van der Waals surface area contributed by atoms with E-state index in [1.807, 2.05) is 52.0 Å². The van der Waals surface area contributed by atoms with Crippen LogP contribution in [-0.2, 0) is 0 Å². The lowest BCUT2D eigenvalue weighted by atomic mass is 9.94. The highest BCUT2D eigenvalue weighted by atomic mass is 16.5. The third-order valence-electron chi connectivity index (χ3n) is 2.69. The van der Waals surface area contributed by atoms with Gasteiger partial charge in [-0.15, -0.1) is 0 Å². The van der Waals surface area contributed by atoms with Crippen LogP contribution in [0.4, 0.5) is 0 Å². The number of hydrogen-bond donors (Lipinski definition) is 2. The third kappa shape index (κ3) is 4.02. The van der Waals surface area contributed by atoms with Crippen molar-refractivity contribution >= 4 is 0 Å². The molecule has 1 rings (SSSR count). The van der Waals surface area contributed by atoms with Gasteiger partial charge in [-0.1, -0.05) is 26.0 Å². The highest BCUT2D eigenvalue weighted by Gasteiger charge is 2.19. The molecule has 0 aliphatic heterocycles. The van der Waals surface area contributed by atoms with Crippen molar-refractivity contribution in [2.75, 3.05) is 0 Å². The van der Waals surface area contributed by atoms with Crippen molar-refractivity contribution in [1.29, 1.82) is 0 Å². The molecule has 96 valence electrons. The molecule has 3 nitrogen and oxygen atoms in total. The minimum atomic E-state index is -0.521. The molecule has 3 heteroatoms. The first-order valence-corrected chi connectivity index (χ1v) is 6.12. The smallest absolute Gasteiger partial charge is 0.119 e. The van der Waals surface area contributed by atoms with E-state index >= 15 is 0 Å². The topological polar surface area (TPSA) is 55.5 Å². The summed E-state index contributed by atoms with van der Waals surface area (Å²) in [6.45, 7) is 7.89. The molecule has 1 aromatic carbocycles. The van der Waals surface area contributed by atoms with E-state index in [-0.39, 0.29) is 18.1 Å². The molecule has 17 heavy (non-hydrogen) atoms. The zero-order chi connectivity index (χ0) is 13.0. The van der Waals surface area contributed by atoms with Crippen molar-refractivity contribution in [2.45, 2.75) is 45.9 Å². The van der Waals surface area contributed by atoms with Crippen molar-refractivity contribution in [3.63, 3.8) is 0 Å². The molecule has 3 N–H and O–H groups in total. The zero-order valence-corrected chi connectivity index (χ0v) is 11.1. The predicted octanol–water partition coefficient (Wildman–Crippen LogP) is 2.49. The fraction of sp³-hybridized carbons (Fsp3) is 0.571. The third-order valence-corrected chi connectivity index (χ3v) is 2.69. The first-order valence-electron chi connectivity index (χ1n) is 6.12. The molecule has 0 fully saturated rings. The molecule has 0 unspecified atom stereocenters. The standard InChI is InChI=1S/C14H23NO2/c1-9(2)14(16)13(15)11-5-7-12(8-6-11)17-10(3)4/h5-10,13-14,16H,15H2,1-4H3/t13-,14+/m1/s1. The fourth-order valence-corrected chi connectivity index (χ4v) is 1.65. The average Bonchev–Trinajstić information content (AvgIpc) is 2.27. The van der Waals surface area contributed by atoms with E-state index in [2.05, 4.69) is 0 Å². The maximum atomic E-state index is 9.91. The Hall–Kier alpha value is -1.06. The second-order valence-electron chi connectivity index (χ2n) is 5.00. The van der Waals surface area contributed by atoms with Crippen LogP contribution in [0.25, 0.3) is 0 Å². The SMILES string of the molecule is CC(C)Oc1ccc([C@@H](N)[C@@H](O)C(C)C)cc1. The molecule has 0 amide bonds. The van der Waals surface area contributed by atoms with Gasteiger partial charge >= 0.3 is 0 Å². The van der Waals surface area contributed by atoms with Crippen LogP contribution in [0.2, 0.25) is 0 Å². The molecule has 0 spiro atoms. The van der Waals surface area contributed by atoms with E-state index < -0.39 is 6.10 Å². The van der Waals surface area contributed by atoms with Gasteiger partial charge < -0.3 is 15.6 Å². The van der Waals surface area contributed by atoms with Gasteiger partial charge in [-0.2, -0.15) is 0 Å². The average molecular weight is 237 g/mol. The Morgan fingerprint density at radius 2 is 1.59 bits per heavy atom.